The zero-order valence-electron chi connectivity index (χ0n) is 12.9. The quantitative estimate of drug-likeness (QED) is 0.692. The van der Waals surface area contributed by atoms with Crippen molar-refractivity contribution in [3.8, 4) is 16.9 Å². The van der Waals surface area contributed by atoms with Gasteiger partial charge in [0.05, 0.1) is 5.69 Å². The Bertz CT molecular complexity index is 849. The van der Waals surface area contributed by atoms with Crippen molar-refractivity contribution in [2.75, 3.05) is 0 Å². The molecule has 0 saturated carbocycles. The summed E-state index contributed by atoms with van der Waals surface area (Å²) in [6, 6.07) is 14.1. The van der Waals surface area contributed by atoms with E-state index in [-0.39, 0.29) is 0 Å². The number of benzene rings is 2. The molecule has 2 aromatic carbocycles. The van der Waals surface area contributed by atoms with Crippen LogP contribution in [0.2, 0.25) is 0 Å². The van der Waals surface area contributed by atoms with Crippen molar-refractivity contribution in [3.05, 3.63) is 64.8 Å². The molecule has 0 bridgehead atoms. The van der Waals surface area contributed by atoms with Gasteiger partial charge in [0, 0.05) is 5.56 Å². The van der Waals surface area contributed by atoms with Crippen LogP contribution in [0, 0.1) is 20.8 Å². The number of carbonyl (C=O) groups excluding carboxylic acids is 1. The number of hydrogen-bond acceptors (Lipinski definition) is 3. The maximum atomic E-state index is 11.3. The van der Waals surface area contributed by atoms with Crippen LogP contribution in [0.4, 0.5) is 0 Å². The number of carbonyl (C=O) groups is 1. The third kappa shape index (κ3) is 2.44. The first-order valence-electron chi connectivity index (χ1n) is 7.15. The van der Waals surface area contributed by atoms with Gasteiger partial charge in [-0.1, -0.05) is 35.0 Å². The first-order valence-corrected chi connectivity index (χ1v) is 7.15. The summed E-state index contributed by atoms with van der Waals surface area (Å²) in [5, 5.41) is 8.18. The summed E-state index contributed by atoms with van der Waals surface area (Å²) in [5.41, 5.74) is 6.44. The second kappa shape index (κ2) is 5.56. The van der Waals surface area contributed by atoms with Crippen molar-refractivity contribution >= 4 is 6.29 Å². The van der Waals surface area contributed by atoms with Gasteiger partial charge in [-0.15, -0.1) is 5.10 Å². The minimum absolute atomic E-state index is 0.351. The van der Waals surface area contributed by atoms with E-state index in [1.807, 2.05) is 43.3 Å². The molecule has 0 aliphatic rings. The van der Waals surface area contributed by atoms with Crippen LogP contribution in [0.5, 0.6) is 0 Å². The van der Waals surface area contributed by atoms with Gasteiger partial charge < -0.3 is 0 Å². The summed E-state index contributed by atoms with van der Waals surface area (Å²) in [6.07, 6.45) is 0.752. The molecule has 3 rings (SSSR count). The molecule has 1 aromatic heterocycles. The monoisotopic (exact) mass is 291 g/mol. The van der Waals surface area contributed by atoms with Gasteiger partial charge in [-0.05, 0) is 50.1 Å². The zero-order chi connectivity index (χ0) is 15.7. The van der Waals surface area contributed by atoms with Crippen molar-refractivity contribution < 1.29 is 4.79 Å². The van der Waals surface area contributed by atoms with Crippen LogP contribution < -0.4 is 0 Å². The van der Waals surface area contributed by atoms with E-state index < -0.39 is 0 Å². The highest BCUT2D eigenvalue weighted by Gasteiger charge is 2.16. The number of aryl methyl sites for hydroxylation is 3. The highest BCUT2D eigenvalue weighted by Crippen LogP contribution is 2.26. The lowest BCUT2D eigenvalue weighted by molar-refractivity contribution is 0.111. The Morgan fingerprint density at radius 3 is 2.50 bits per heavy atom. The fraction of sp³-hybridized carbons (Fsp3) is 0.167. The summed E-state index contributed by atoms with van der Waals surface area (Å²) in [5.74, 6) is 0. The number of hydrogen-bond donors (Lipinski definition) is 0. The van der Waals surface area contributed by atoms with E-state index in [4.69, 9.17) is 0 Å². The molecule has 0 N–H and O–H groups in total. The Morgan fingerprint density at radius 1 is 1.00 bits per heavy atom. The van der Waals surface area contributed by atoms with Crippen molar-refractivity contribution in [1.29, 1.82) is 0 Å². The Morgan fingerprint density at radius 2 is 1.82 bits per heavy atom. The third-order valence-electron chi connectivity index (χ3n) is 3.83. The van der Waals surface area contributed by atoms with Gasteiger partial charge in [0.1, 0.15) is 5.69 Å². The first kappa shape index (κ1) is 14.2. The molecular weight excluding hydrogens is 274 g/mol. The van der Waals surface area contributed by atoms with E-state index in [2.05, 4.69) is 30.2 Å². The minimum atomic E-state index is 0.351. The molecule has 110 valence electrons. The summed E-state index contributed by atoms with van der Waals surface area (Å²) in [6.45, 7) is 6.15. The first-order chi connectivity index (χ1) is 10.6. The molecule has 0 aliphatic carbocycles. The van der Waals surface area contributed by atoms with Crippen LogP contribution in [-0.4, -0.2) is 21.3 Å². The Hall–Kier alpha value is -2.75. The van der Waals surface area contributed by atoms with Gasteiger partial charge in [-0.25, -0.2) is 4.68 Å². The predicted octanol–water partition coefficient (Wildman–Crippen LogP) is 3.67. The second-order valence-corrected chi connectivity index (χ2v) is 5.49. The van der Waals surface area contributed by atoms with Gasteiger partial charge in [-0.3, -0.25) is 4.79 Å². The predicted molar refractivity (Wildman–Crippen MR) is 86.4 cm³/mol. The largest absolute Gasteiger partial charge is 0.296 e. The van der Waals surface area contributed by atoms with Crippen molar-refractivity contribution in [3.63, 3.8) is 0 Å². The van der Waals surface area contributed by atoms with Crippen molar-refractivity contribution in [1.82, 2.24) is 15.0 Å². The van der Waals surface area contributed by atoms with Crippen LogP contribution in [0.1, 0.15) is 27.2 Å². The fourth-order valence-electron chi connectivity index (χ4n) is 2.47. The molecule has 4 heteroatoms. The average molecular weight is 291 g/mol. The molecule has 0 fully saturated rings. The van der Waals surface area contributed by atoms with E-state index >= 15 is 0 Å². The van der Waals surface area contributed by atoms with Crippen molar-refractivity contribution in [2.45, 2.75) is 20.8 Å². The lowest BCUT2D eigenvalue weighted by Gasteiger charge is -2.09. The molecule has 0 spiro atoms. The molecule has 22 heavy (non-hydrogen) atoms. The topological polar surface area (TPSA) is 47.8 Å². The Balaban J connectivity index is 2.23. The minimum Gasteiger partial charge on any atom is -0.296 e. The molecule has 0 saturated heterocycles. The van der Waals surface area contributed by atoms with E-state index in [0.29, 0.717) is 5.69 Å². The van der Waals surface area contributed by atoms with Crippen LogP contribution >= 0.6 is 0 Å². The second-order valence-electron chi connectivity index (χ2n) is 5.49. The normalized spacial score (nSPS) is 10.7. The van der Waals surface area contributed by atoms with Crippen LogP contribution in [0.15, 0.2) is 42.5 Å². The summed E-state index contributed by atoms with van der Waals surface area (Å²) in [7, 11) is 0. The highest BCUT2D eigenvalue weighted by molar-refractivity contribution is 5.84. The van der Waals surface area contributed by atoms with E-state index in [1.54, 1.807) is 4.68 Å². The smallest absolute Gasteiger partial charge is 0.172 e. The average Bonchev–Trinajstić information content (AvgIpc) is 2.94. The maximum absolute atomic E-state index is 11.3. The number of nitrogens with zero attached hydrogens (tertiary/aromatic N) is 3. The zero-order valence-corrected chi connectivity index (χ0v) is 12.9. The van der Waals surface area contributed by atoms with Crippen LogP contribution in [0.3, 0.4) is 0 Å². The molecule has 0 aliphatic heterocycles. The standard InChI is InChI=1S/C18H17N3O/c1-12-5-4-6-15(9-12)18-17(11-22)19-20-21(18)16-8-7-13(2)14(3)10-16/h4-11H,1-3H3. The molecule has 0 unspecified atom stereocenters. The molecule has 1 heterocycles. The maximum Gasteiger partial charge on any atom is 0.172 e. The highest BCUT2D eigenvalue weighted by atomic mass is 16.1. The summed E-state index contributed by atoms with van der Waals surface area (Å²) < 4.78 is 1.73. The number of aldehydes is 1. The Kier molecular flexibility index (Phi) is 3.59. The molecule has 3 aromatic rings. The Labute approximate surface area is 129 Å². The molecule has 0 radical (unpaired) electrons. The van der Waals surface area contributed by atoms with Gasteiger partial charge in [-0.2, -0.15) is 0 Å². The van der Waals surface area contributed by atoms with Crippen LogP contribution in [-0.2, 0) is 0 Å². The summed E-state index contributed by atoms with van der Waals surface area (Å²) in [4.78, 5) is 11.3. The SMILES string of the molecule is Cc1cccc(-c2c(C=O)nnn2-c2ccc(C)c(C)c2)c1. The van der Waals surface area contributed by atoms with Crippen LogP contribution in [0.25, 0.3) is 16.9 Å². The molecule has 4 nitrogen and oxygen atoms in total. The number of aromatic nitrogens is 3. The van der Waals surface area contributed by atoms with E-state index in [0.717, 1.165) is 28.8 Å². The van der Waals surface area contributed by atoms with Crippen molar-refractivity contribution in [2.24, 2.45) is 0 Å². The van der Waals surface area contributed by atoms with Gasteiger partial charge >= 0.3 is 0 Å². The summed E-state index contributed by atoms with van der Waals surface area (Å²) >= 11 is 0. The molecular formula is C18H17N3O. The lowest BCUT2D eigenvalue weighted by atomic mass is 10.1. The van der Waals surface area contributed by atoms with Gasteiger partial charge in [0.15, 0.2) is 12.0 Å². The van der Waals surface area contributed by atoms with E-state index in [1.165, 1.54) is 11.1 Å². The van der Waals surface area contributed by atoms with Gasteiger partial charge in [0.2, 0.25) is 0 Å². The fourth-order valence-corrected chi connectivity index (χ4v) is 2.47. The third-order valence-corrected chi connectivity index (χ3v) is 3.83. The van der Waals surface area contributed by atoms with E-state index in [9.17, 15) is 4.79 Å². The lowest BCUT2D eigenvalue weighted by Crippen LogP contribution is -2.01. The molecule has 0 amide bonds. The van der Waals surface area contributed by atoms with Gasteiger partial charge in [0.25, 0.3) is 0 Å². The molecule has 0 atom stereocenters. The number of rotatable bonds is 3.